The molecule has 0 radical (unpaired) electrons. The monoisotopic (exact) mass is 1480 g/mol. The zero-order valence-electron chi connectivity index (χ0n) is 65.0. The first kappa shape index (κ1) is 98.5. The van der Waals surface area contributed by atoms with Gasteiger partial charge in [-0.3, -0.25) is 37.3 Å². The largest absolute Gasteiger partial charge is 0.472 e. The fraction of sp³-hybridized carbons (Fsp3) is 0.807. The van der Waals surface area contributed by atoms with Gasteiger partial charge in [-0.1, -0.05) is 306 Å². The summed E-state index contributed by atoms with van der Waals surface area (Å²) >= 11 is 0. The van der Waals surface area contributed by atoms with Crippen molar-refractivity contribution in [2.45, 2.75) is 393 Å². The number of carbonyl (C=O) groups excluding carboxylic acids is 4. The highest BCUT2D eigenvalue weighted by molar-refractivity contribution is 7.47. The minimum absolute atomic E-state index is 0.0761. The number of allylic oxidation sites excluding steroid dienone is 12. The van der Waals surface area contributed by atoms with E-state index in [9.17, 15) is 43.2 Å². The van der Waals surface area contributed by atoms with Crippen LogP contribution in [0.25, 0.3) is 0 Å². The Kier molecular flexibility index (Phi) is 73.1. The van der Waals surface area contributed by atoms with Gasteiger partial charge in [0.1, 0.15) is 19.3 Å². The maximum absolute atomic E-state index is 13.1. The number of unbranched alkanes of at least 4 members (excludes halogenated alkanes) is 40. The number of phosphoric acid groups is 2. The Bertz CT molecular complexity index is 2210. The predicted octanol–water partition coefficient (Wildman–Crippen LogP) is 24.0. The number of ether oxygens (including phenoxy) is 4. The Morgan fingerprint density at radius 2 is 0.490 bits per heavy atom. The van der Waals surface area contributed by atoms with E-state index in [1.54, 1.807) is 0 Å². The van der Waals surface area contributed by atoms with Crippen molar-refractivity contribution in [3.05, 3.63) is 72.9 Å². The fourth-order valence-electron chi connectivity index (χ4n) is 11.3. The molecule has 594 valence electrons. The summed E-state index contributed by atoms with van der Waals surface area (Å²) in [6, 6.07) is 0. The van der Waals surface area contributed by atoms with Crippen LogP contribution in [0.4, 0.5) is 0 Å². The lowest BCUT2D eigenvalue weighted by atomic mass is 10.0. The van der Waals surface area contributed by atoms with Gasteiger partial charge in [0, 0.05) is 25.7 Å². The van der Waals surface area contributed by atoms with E-state index in [-0.39, 0.29) is 25.7 Å². The molecule has 0 aliphatic rings. The molecule has 0 fully saturated rings. The molecule has 19 heteroatoms. The normalized spacial score (nSPS) is 14.2. The van der Waals surface area contributed by atoms with Gasteiger partial charge in [-0.2, -0.15) is 0 Å². The molecular formula is C83H150O17P2. The molecule has 2 unspecified atom stereocenters. The topological polar surface area (TPSA) is 237 Å². The number of carbonyl (C=O) groups is 4. The summed E-state index contributed by atoms with van der Waals surface area (Å²) in [5.74, 6) is -2.23. The van der Waals surface area contributed by atoms with Gasteiger partial charge in [-0.25, -0.2) is 9.13 Å². The zero-order chi connectivity index (χ0) is 74.6. The number of hydrogen-bond donors (Lipinski definition) is 3. The smallest absolute Gasteiger partial charge is 0.462 e. The molecule has 17 nitrogen and oxygen atoms in total. The second kappa shape index (κ2) is 75.7. The SMILES string of the molecule is CCCCC/C=C\C/C=C\C/C=C\C/C=C\CCCC(=O)OC[C@H](COP(=O)(O)OC[C@H](O)COP(=O)(O)OC[C@@H](COC(=O)CCCCCCC/C=C\CCCCCCCC)OC(=O)CCCCCCCCCCCCCCCCC)OC(=O)CCCCCCC/C=C\CCCCCCCC. The van der Waals surface area contributed by atoms with Gasteiger partial charge in [0.25, 0.3) is 0 Å². The summed E-state index contributed by atoms with van der Waals surface area (Å²) in [6.07, 6.45) is 77.3. The van der Waals surface area contributed by atoms with E-state index in [1.807, 2.05) is 12.2 Å². The average Bonchev–Trinajstić information content (AvgIpc) is 0.923. The Morgan fingerprint density at radius 3 is 0.804 bits per heavy atom. The lowest BCUT2D eigenvalue weighted by Gasteiger charge is -2.21. The first-order chi connectivity index (χ1) is 49.7. The van der Waals surface area contributed by atoms with Crippen molar-refractivity contribution >= 4 is 39.5 Å². The highest BCUT2D eigenvalue weighted by atomic mass is 31.2. The van der Waals surface area contributed by atoms with E-state index in [1.165, 1.54) is 161 Å². The number of hydrogen-bond acceptors (Lipinski definition) is 15. The summed E-state index contributed by atoms with van der Waals surface area (Å²) in [5, 5.41) is 10.6. The average molecular weight is 1480 g/mol. The van der Waals surface area contributed by atoms with E-state index >= 15 is 0 Å². The first-order valence-electron chi connectivity index (χ1n) is 41.2. The molecule has 0 saturated carbocycles. The maximum atomic E-state index is 13.1. The zero-order valence-corrected chi connectivity index (χ0v) is 66.8. The number of aliphatic hydroxyl groups excluding tert-OH is 1. The highest BCUT2D eigenvalue weighted by Crippen LogP contribution is 2.45. The number of esters is 4. The third kappa shape index (κ3) is 74.8. The molecule has 0 amide bonds. The molecular weight excluding hydrogens is 1330 g/mol. The molecule has 0 aliphatic carbocycles. The van der Waals surface area contributed by atoms with Crippen LogP contribution in [0.5, 0.6) is 0 Å². The molecule has 0 bridgehead atoms. The van der Waals surface area contributed by atoms with Crippen LogP contribution in [-0.2, 0) is 65.4 Å². The van der Waals surface area contributed by atoms with Crippen molar-refractivity contribution in [3.8, 4) is 0 Å². The van der Waals surface area contributed by atoms with Crippen molar-refractivity contribution in [2.24, 2.45) is 0 Å². The van der Waals surface area contributed by atoms with E-state index in [0.29, 0.717) is 32.1 Å². The minimum Gasteiger partial charge on any atom is -0.462 e. The molecule has 0 aromatic heterocycles. The Morgan fingerprint density at radius 1 is 0.275 bits per heavy atom. The summed E-state index contributed by atoms with van der Waals surface area (Å²) in [5.41, 5.74) is 0. The van der Waals surface area contributed by atoms with Crippen molar-refractivity contribution in [1.82, 2.24) is 0 Å². The first-order valence-corrected chi connectivity index (χ1v) is 44.2. The van der Waals surface area contributed by atoms with Gasteiger partial charge in [0.15, 0.2) is 12.2 Å². The molecule has 102 heavy (non-hydrogen) atoms. The third-order valence-electron chi connectivity index (χ3n) is 17.6. The summed E-state index contributed by atoms with van der Waals surface area (Å²) in [4.78, 5) is 73.0. The second-order valence-corrected chi connectivity index (χ2v) is 30.6. The number of phosphoric ester groups is 2. The minimum atomic E-state index is -4.99. The summed E-state index contributed by atoms with van der Waals surface area (Å²) in [7, 11) is -9.96. The molecule has 0 rings (SSSR count). The molecule has 5 atom stereocenters. The van der Waals surface area contributed by atoms with Crippen LogP contribution in [-0.4, -0.2) is 96.7 Å². The van der Waals surface area contributed by atoms with Gasteiger partial charge in [-0.15, -0.1) is 0 Å². The molecule has 3 N–H and O–H groups in total. The quantitative estimate of drug-likeness (QED) is 0.0169. The van der Waals surface area contributed by atoms with Gasteiger partial charge in [0.2, 0.25) is 0 Å². The van der Waals surface area contributed by atoms with Crippen LogP contribution in [0.2, 0.25) is 0 Å². The van der Waals surface area contributed by atoms with E-state index in [0.717, 1.165) is 128 Å². The molecule has 0 aliphatic heterocycles. The maximum Gasteiger partial charge on any atom is 0.472 e. The standard InChI is InChI=1S/C83H150O17P2/c1-5-9-13-17-21-25-29-33-37-38-42-44-48-52-56-60-64-68-81(86)94-74-79(100-83(88)70-66-62-58-54-50-46-41-36-32-28-24-20-16-12-8-4)76-98-102(91,92)96-72-77(84)71-95-101(89,90)97-75-78(99-82(87)69-65-61-57-53-49-45-40-35-31-27-23-19-15-11-7-3)73-93-80(85)67-63-59-55-51-47-43-39-34-30-26-22-18-14-10-6-2/h21,25,33-34,36-37,39,41-42,44,52,56,77-79,84H,5-20,22-24,26-32,35,38,40,43,45-51,53-55,57-76H2,1-4H3,(H,89,90)(H,91,92)/b25-21-,37-33-,39-34-,41-36-,44-42-,56-52-/t77-,78-,79-/m1/s1. The summed E-state index contributed by atoms with van der Waals surface area (Å²) < 4.78 is 68.6. The molecule has 0 aromatic carbocycles. The lowest BCUT2D eigenvalue weighted by molar-refractivity contribution is -0.161. The van der Waals surface area contributed by atoms with Crippen molar-refractivity contribution < 1.29 is 80.2 Å². The van der Waals surface area contributed by atoms with Crippen molar-refractivity contribution in [1.29, 1.82) is 0 Å². The van der Waals surface area contributed by atoms with Crippen molar-refractivity contribution in [3.63, 3.8) is 0 Å². The van der Waals surface area contributed by atoms with Gasteiger partial charge in [-0.05, 0) is 116 Å². The van der Waals surface area contributed by atoms with Crippen LogP contribution >= 0.6 is 15.6 Å². The fourth-order valence-corrected chi connectivity index (χ4v) is 12.9. The van der Waals surface area contributed by atoms with E-state index in [2.05, 4.69) is 88.5 Å². The van der Waals surface area contributed by atoms with Crippen LogP contribution in [0.15, 0.2) is 72.9 Å². The van der Waals surface area contributed by atoms with Crippen LogP contribution < -0.4 is 0 Å². The van der Waals surface area contributed by atoms with E-state index in [4.69, 9.17) is 37.0 Å². The molecule has 0 saturated heterocycles. The van der Waals surface area contributed by atoms with Crippen LogP contribution in [0.3, 0.4) is 0 Å². The van der Waals surface area contributed by atoms with Gasteiger partial charge >= 0.3 is 39.5 Å². The highest BCUT2D eigenvalue weighted by Gasteiger charge is 2.30. The predicted molar refractivity (Wildman–Crippen MR) is 418 cm³/mol. The van der Waals surface area contributed by atoms with Crippen LogP contribution in [0.1, 0.15) is 374 Å². The number of aliphatic hydroxyl groups is 1. The van der Waals surface area contributed by atoms with Crippen LogP contribution in [0, 0.1) is 0 Å². The second-order valence-electron chi connectivity index (χ2n) is 27.7. The molecule has 0 heterocycles. The Hall–Kier alpha value is -3.50. The van der Waals surface area contributed by atoms with E-state index < -0.39 is 97.5 Å². The van der Waals surface area contributed by atoms with Gasteiger partial charge in [0.05, 0.1) is 26.4 Å². The summed E-state index contributed by atoms with van der Waals surface area (Å²) in [6.45, 7) is 4.83. The Labute approximate surface area is 622 Å². The lowest BCUT2D eigenvalue weighted by Crippen LogP contribution is -2.30. The van der Waals surface area contributed by atoms with Gasteiger partial charge < -0.3 is 33.8 Å². The van der Waals surface area contributed by atoms with Crippen molar-refractivity contribution in [2.75, 3.05) is 39.6 Å². The molecule has 0 spiro atoms. The molecule has 0 aromatic rings. The Balaban J connectivity index is 5.39. The third-order valence-corrected chi connectivity index (χ3v) is 19.5. The number of rotatable bonds is 78.